The lowest BCUT2D eigenvalue weighted by molar-refractivity contribution is 0.0798. The van der Waals surface area contributed by atoms with Gasteiger partial charge < -0.3 is 0 Å². The highest BCUT2D eigenvalue weighted by molar-refractivity contribution is 7.81. The van der Waals surface area contributed by atoms with Crippen molar-refractivity contribution in [3.63, 3.8) is 0 Å². The van der Waals surface area contributed by atoms with Crippen LogP contribution in [0.3, 0.4) is 0 Å². The van der Waals surface area contributed by atoms with Gasteiger partial charge in [0.1, 0.15) is 21.6 Å². The molecule has 7 rings (SSSR count). The van der Waals surface area contributed by atoms with E-state index in [1.807, 2.05) is 26.0 Å². The minimum Gasteiger partial charge on any atom is -0.296 e. The Hall–Kier alpha value is -3.62. The van der Waals surface area contributed by atoms with Crippen LogP contribution in [-0.2, 0) is 0 Å². The van der Waals surface area contributed by atoms with Crippen LogP contribution >= 0.6 is 24.4 Å². The molecule has 0 saturated carbocycles. The number of hydrogen-bond donors (Lipinski definition) is 0. The van der Waals surface area contributed by atoms with E-state index in [-0.39, 0.29) is 45.8 Å². The van der Waals surface area contributed by atoms with Crippen molar-refractivity contribution >= 4 is 89.3 Å². The van der Waals surface area contributed by atoms with Crippen LogP contribution in [-0.4, -0.2) is 43.7 Å². The van der Waals surface area contributed by atoms with Crippen molar-refractivity contribution in [2.75, 3.05) is 0 Å². The summed E-state index contributed by atoms with van der Waals surface area (Å²) >= 11 is 11.8. The van der Waals surface area contributed by atoms with Crippen molar-refractivity contribution in [3.8, 4) is 0 Å². The maximum absolute atomic E-state index is 16.4. The number of carbonyl (C=O) groups excluding carboxylic acids is 2. The molecule has 0 aliphatic carbocycles. The summed E-state index contributed by atoms with van der Waals surface area (Å²) < 4.78 is 32.8. The van der Waals surface area contributed by atoms with E-state index in [2.05, 4.69) is 13.8 Å². The molecule has 4 nitrogen and oxygen atoms in total. The van der Waals surface area contributed by atoms with E-state index in [9.17, 15) is 9.59 Å². The summed E-state index contributed by atoms with van der Waals surface area (Å²) in [6.45, 7) is 8.12. The van der Waals surface area contributed by atoms with Crippen molar-refractivity contribution < 1.29 is 18.4 Å². The first-order valence-corrected chi connectivity index (χ1v) is 16.3. The number of fused-ring (bicyclic) bond motifs is 2. The van der Waals surface area contributed by atoms with Gasteiger partial charge in [-0.1, -0.05) is 88.2 Å². The molecule has 2 amide bonds. The molecule has 8 heteroatoms. The van der Waals surface area contributed by atoms with Gasteiger partial charge in [-0.2, -0.15) is 0 Å². The first kappa shape index (κ1) is 29.1. The lowest BCUT2D eigenvalue weighted by Crippen LogP contribution is -2.45. The minimum absolute atomic E-state index is 0.145. The fourth-order valence-corrected chi connectivity index (χ4v) is 8.33. The van der Waals surface area contributed by atoms with E-state index in [0.717, 1.165) is 38.5 Å². The Kier molecular flexibility index (Phi) is 6.94. The highest BCUT2D eigenvalue weighted by atomic mass is 32.1. The van der Waals surface area contributed by atoms with Crippen LogP contribution in [0.25, 0.3) is 43.1 Å². The van der Waals surface area contributed by atoms with Gasteiger partial charge in [0.25, 0.3) is 11.8 Å². The zero-order valence-corrected chi connectivity index (χ0v) is 26.8. The molecule has 5 aromatic carbocycles. The number of halogens is 2. The van der Waals surface area contributed by atoms with Crippen LogP contribution in [0.5, 0.6) is 0 Å². The second-order valence-corrected chi connectivity index (χ2v) is 13.1. The van der Waals surface area contributed by atoms with Crippen molar-refractivity contribution in [2.24, 2.45) is 0 Å². The van der Waals surface area contributed by atoms with E-state index in [1.165, 1.54) is 12.1 Å². The average Bonchev–Trinajstić information content (AvgIpc) is 3.00. The Labute approximate surface area is 265 Å². The lowest BCUT2D eigenvalue weighted by Gasteiger charge is -2.36. The molecule has 5 aromatic rings. The number of amides is 2. The van der Waals surface area contributed by atoms with Crippen molar-refractivity contribution in [2.45, 2.75) is 78.3 Å². The van der Waals surface area contributed by atoms with Crippen LogP contribution in [0.1, 0.15) is 98.1 Å². The maximum atomic E-state index is 16.4. The molecular formula is C36H32F2N2O2S2. The van der Waals surface area contributed by atoms with E-state index >= 15 is 8.78 Å². The Morgan fingerprint density at radius 3 is 1.36 bits per heavy atom. The molecule has 2 aliphatic heterocycles. The zero-order chi connectivity index (χ0) is 31.2. The number of unbranched alkanes of at least 4 members (excludes halogenated alkanes) is 2. The van der Waals surface area contributed by atoms with Gasteiger partial charge in [0.15, 0.2) is 0 Å². The molecule has 0 saturated heterocycles. The summed E-state index contributed by atoms with van der Waals surface area (Å²) in [5.41, 5.74) is 1.80. The number of thiocarbonyl (C=S) groups is 2. The molecule has 44 heavy (non-hydrogen) atoms. The molecule has 2 aliphatic rings. The van der Waals surface area contributed by atoms with Gasteiger partial charge in [-0.3, -0.25) is 19.4 Å². The maximum Gasteiger partial charge on any atom is 0.259 e. The minimum atomic E-state index is -0.570. The second kappa shape index (κ2) is 10.5. The van der Waals surface area contributed by atoms with Crippen LogP contribution in [0.15, 0.2) is 36.4 Å². The van der Waals surface area contributed by atoms with Gasteiger partial charge in [0.2, 0.25) is 0 Å². The lowest BCUT2D eigenvalue weighted by atomic mass is 9.81. The van der Waals surface area contributed by atoms with Crippen molar-refractivity contribution in [1.82, 2.24) is 9.80 Å². The molecule has 0 radical (unpaired) electrons. The highest BCUT2D eigenvalue weighted by Crippen LogP contribution is 2.48. The third kappa shape index (κ3) is 3.83. The quantitative estimate of drug-likeness (QED) is 0.0978. The third-order valence-electron chi connectivity index (χ3n) is 9.64. The summed E-state index contributed by atoms with van der Waals surface area (Å²) in [5.74, 6) is -1.81. The molecule has 0 unspecified atom stereocenters. The van der Waals surface area contributed by atoms with Gasteiger partial charge in [-0.05, 0) is 49.6 Å². The Bertz CT molecular complexity index is 1960. The molecule has 0 fully saturated rings. The van der Waals surface area contributed by atoms with Gasteiger partial charge in [0.05, 0.1) is 11.1 Å². The van der Waals surface area contributed by atoms with E-state index in [1.54, 1.807) is 21.9 Å². The van der Waals surface area contributed by atoms with E-state index < -0.39 is 11.6 Å². The molecule has 0 aromatic heterocycles. The van der Waals surface area contributed by atoms with Crippen molar-refractivity contribution in [3.05, 3.63) is 70.3 Å². The number of carbonyl (C=O) groups is 2. The number of nitrogens with zero attached hydrogens (tertiary/aromatic N) is 2. The summed E-state index contributed by atoms with van der Waals surface area (Å²) in [5, 5.41) is 3.59. The van der Waals surface area contributed by atoms with Crippen molar-refractivity contribution in [1.29, 1.82) is 0 Å². The summed E-state index contributed by atoms with van der Waals surface area (Å²) in [6, 6.07) is 9.52. The molecule has 2 atom stereocenters. The SMILES string of the molecule is CCCC[C@H](C)N1C(=O)c2cc(F)c3c4ccc5c6c(cc(F)c(c7ccc(c2c73)C1=S)c64)C(=O)N([C@@H](C)CCCC)C5=S. The molecule has 0 bridgehead atoms. The van der Waals surface area contributed by atoms with E-state index in [4.69, 9.17) is 24.4 Å². The van der Waals surface area contributed by atoms with Crippen LogP contribution in [0.2, 0.25) is 0 Å². The summed E-state index contributed by atoms with van der Waals surface area (Å²) in [4.78, 5) is 31.8. The normalized spacial score (nSPS) is 16.4. The second-order valence-electron chi connectivity index (χ2n) is 12.3. The standard InChI is InChI=1S/C36H32F2N2O2S2/c1-5-7-9-17(3)39-33(41)23-15-25(37)29-20-12-14-22-28-24(34(42)40(36(22)44)18(4)10-8-6-2)16-26(38)30(32(20)28)19-11-13-21(35(39)43)27(23)31(19)29/h11-18H,5-10H2,1-4H3/t17-,18-/m0/s1. The van der Waals surface area contributed by atoms with Gasteiger partial charge in [0, 0.05) is 55.5 Å². The first-order chi connectivity index (χ1) is 21.1. The predicted octanol–water partition coefficient (Wildman–Crippen LogP) is 9.44. The summed E-state index contributed by atoms with van der Waals surface area (Å²) in [6.07, 6.45) is 5.40. The average molecular weight is 627 g/mol. The van der Waals surface area contributed by atoms with Gasteiger partial charge >= 0.3 is 0 Å². The largest absolute Gasteiger partial charge is 0.296 e. The molecule has 2 heterocycles. The first-order valence-electron chi connectivity index (χ1n) is 15.5. The number of hydrogen-bond acceptors (Lipinski definition) is 4. The highest BCUT2D eigenvalue weighted by Gasteiger charge is 2.38. The number of benzene rings is 5. The Morgan fingerprint density at radius 1 is 0.614 bits per heavy atom. The molecule has 0 N–H and O–H groups in total. The Balaban J connectivity index is 1.54. The zero-order valence-electron chi connectivity index (χ0n) is 25.1. The fraction of sp³-hybridized carbons (Fsp3) is 0.333. The fourth-order valence-electron chi connectivity index (χ4n) is 7.46. The van der Waals surface area contributed by atoms with E-state index in [0.29, 0.717) is 53.4 Å². The predicted molar refractivity (Wildman–Crippen MR) is 181 cm³/mol. The monoisotopic (exact) mass is 626 g/mol. The third-order valence-corrected chi connectivity index (χ3v) is 10.5. The smallest absolute Gasteiger partial charge is 0.259 e. The number of rotatable bonds is 8. The Morgan fingerprint density at radius 2 is 1.00 bits per heavy atom. The summed E-state index contributed by atoms with van der Waals surface area (Å²) in [7, 11) is 0. The van der Waals surface area contributed by atoms with Gasteiger partial charge in [-0.15, -0.1) is 0 Å². The van der Waals surface area contributed by atoms with Crippen LogP contribution in [0.4, 0.5) is 8.78 Å². The van der Waals surface area contributed by atoms with Gasteiger partial charge in [-0.25, -0.2) is 8.78 Å². The topological polar surface area (TPSA) is 40.6 Å². The van der Waals surface area contributed by atoms with Crippen LogP contribution in [0, 0.1) is 11.6 Å². The molecule has 224 valence electrons. The van der Waals surface area contributed by atoms with Crippen LogP contribution < -0.4 is 0 Å². The molecular weight excluding hydrogens is 595 g/mol. The molecule has 0 spiro atoms.